The van der Waals surface area contributed by atoms with Crippen LogP contribution in [-0.4, -0.2) is 55.2 Å². The molecule has 2 unspecified atom stereocenters. The van der Waals surface area contributed by atoms with Crippen LogP contribution in [0.3, 0.4) is 0 Å². The van der Waals surface area contributed by atoms with Crippen molar-refractivity contribution in [1.82, 2.24) is 4.90 Å². The summed E-state index contributed by atoms with van der Waals surface area (Å²) in [4.78, 5) is 13.5. The standard InChI is InChI=1S/C13H24BNO3.2ClH/c1-2-3-5-13(14,12(17)18)6-8-15-7-4-11(9-15)10-16;;/h11,16H,2-10H2,1H3,(H,17,18);2*1H. The highest BCUT2D eigenvalue weighted by molar-refractivity contribution is 6.26. The Hall–Kier alpha value is 0.0349. The Balaban J connectivity index is 0. The molecule has 0 aromatic carbocycles. The van der Waals surface area contributed by atoms with Crippen LogP contribution in [0.15, 0.2) is 0 Å². The van der Waals surface area contributed by atoms with E-state index in [4.69, 9.17) is 13.0 Å². The Morgan fingerprint density at radius 3 is 2.50 bits per heavy atom. The third-order valence-electron chi connectivity index (χ3n) is 3.90. The fourth-order valence-electron chi connectivity index (χ4n) is 2.45. The van der Waals surface area contributed by atoms with Crippen LogP contribution in [0.5, 0.6) is 0 Å². The van der Waals surface area contributed by atoms with Crippen LogP contribution in [0, 0.1) is 5.92 Å². The number of aliphatic hydroxyl groups excluding tert-OH is 1. The molecule has 1 aliphatic heterocycles. The maximum Gasteiger partial charge on any atom is 0.300 e. The SMILES string of the molecule is Cl.Cl.[B]C(CCCC)(CCN1CCC(CO)C1)C(=O)O. The number of carbonyl (C=O) groups is 1. The van der Waals surface area contributed by atoms with Gasteiger partial charge in [0.1, 0.15) is 0 Å². The topological polar surface area (TPSA) is 60.8 Å². The van der Waals surface area contributed by atoms with Crippen LogP contribution in [0.2, 0.25) is 5.31 Å². The van der Waals surface area contributed by atoms with E-state index in [0.717, 1.165) is 32.4 Å². The molecule has 1 fully saturated rings. The first kappa shape index (κ1) is 22.3. The van der Waals surface area contributed by atoms with Gasteiger partial charge in [0.15, 0.2) is 0 Å². The summed E-state index contributed by atoms with van der Waals surface area (Å²) in [6, 6.07) is 0. The molecule has 0 amide bonds. The number of hydrogen-bond acceptors (Lipinski definition) is 3. The van der Waals surface area contributed by atoms with Gasteiger partial charge in [-0.05, 0) is 38.3 Å². The van der Waals surface area contributed by atoms with Gasteiger partial charge in [0.05, 0.1) is 7.85 Å². The Kier molecular flexibility index (Phi) is 12.0. The van der Waals surface area contributed by atoms with Crippen molar-refractivity contribution in [2.45, 2.75) is 44.3 Å². The second-order valence-electron chi connectivity index (χ2n) is 5.45. The van der Waals surface area contributed by atoms with Gasteiger partial charge in [-0.1, -0.05) is 19.8 Å². The number of unbranched alkanes of at least 4 members (excludes halogenated alkanes) is 1. The van der Waals surface area contributed by atoms with E-state index in [9.17, 15) is 9.90 Å². The molecule has 118 valence electrons. The minimum absolute atomic E-state index is 0. The summed E-state index contributed by atoms with van der Waals surface area (Å²) >= 11 is 0. The molecule has 0 aliphatic carbocycles. The molecule has 0 spiro atoms. The number of rotatable bonds is 8. The smallest absolute Gasteiger partial charge is 0.300 e. The summed E-state index contributed by atoms with van der Waals surface area (Å²) in [5, 5.41) is 17.2. The predicted octanol–water partition coefficient (Wildman–Crippen LogP) is 2.14. The average molecular weight is 326 g/mol. The van der Waals surface area contributed by atoms with Crippen LogP contribution >= 0.6 is 24.8 Å². The Morgan fingerprint density at radius 1 is 1.40 bits per heavy atom. The minimum Gasteiger partial charge on any atom is -0.481 e. The number of halogens is 2. The second kappa shape index (κ2) is 10.7. The highest BCUT2D eigenvalue weighted by atomic mass is 35.5. The summed E-state index contributed by atoms with van der Waals surface area (Å²) in [6.07, 6.45) is 3.83. The normalized spacial score (nSPS) is 21.6. The third kappa shape index (κ3) is 6.66. The number of aliphatic hydroxyl groups is 1. The summed E-state index contributed by atoms with van der Waals surface area (Å²) in [5.74, 6) is -0.550. The first-order valence-corrected chi connectivity index (χ1v) is 6.87. The molecule has 0 saturated carbocycles. The zero-order valence-corrected chi connectivity index (χ0v) is 13.7. The molecule has 7 heteroatoms. The summed E-state index contributed by atoms with van der Waals surface area (Å²) in [6.45, 7) is 4.77. The monoisotopic (exact) mass is 325 g/mol. The van der Waals surface area contributed by atoms with Crippen LogP contribution in [-0.2, 0) is 4.79 Å². The highest BCUT2D eigenvalue weighted by Crippen LogP contribution is 2.34. The van der Waals surface area contributed by atoms with Crippen molar-refractivity contribution in [3.8, 4) is 0 Å². The highest BCUT2D eigenvalue weighted by Gasteiger charge is 2.33. The largest absolute Gasteiger partial charge is 0.481 e. The summed E-state index contributed by atoms with van der Waals surface area (Å²) < 4.78 is 0. The minimum atomic E-state index is -1.09. The molecule has 1 saturated heterocycles. The maximum atomic E-state index is 11.3. The first-order chi connectivity index (χ1) is 8.51. The molecule has 1 heterocycles. The lowest BCUT2D eigenvalue weighted by atomic mass is 9.63. The van der Waals surface area contributed by atoms with Gasteiger partial charge in [-0.15, -0.1) is 24.8 Å². The van der Waals surface area contributed by atoms with E-state index >= 15 is 0 Å². The molecule has 0 aromatic rings. The van der Waals surface area contributed by atoms with Crippen LogP contribution < -0.4 is 0 Å². The van der Waals surface area contributed by atoms with Crippen molar-refractivity contribution in [2.24, 2.45) is 5.92 Å². The van der Waals surface area contributed by atoms with E-state index < -0.39 is 11.3 Å². The first-order valence-electron chi connectivity index (χ1n) is 6.87. The molecule has 2 atom stereocenters. The molecule has 1 rings (SSSR count). The average Bonchev–Trinajstić information content (AvgIpc) is 2.81. The molecule has 1 aliphatic rings. The Labute approximate surface area is 135 Å². The quantitative estimate of drug-likeness (QED) is 0.671. The third-order valence-corrected chi connectivity index (χ3v) is 3.90. The zero-order valence-electron chi connectivity index (χ0n) is 12.1. The van der Waals surface area contributed by atoms with Gasteiger partial charge in [-0.2, -0.15) is 0 Å². The van der Waals surface area contributed by atoms with Gasteiger partial charge in [0.25, 0.3) is 0 Å². The van der Waals surface area contributed by atoms with E-state index in [0.29, 0.717) is 25.3 Å². The van der Waals surface area contributed by atoms with E-state index in [1.807, 2.05) is 6.92 Å². The number of likely N-dealkylation sites (tertiary alicyclic amines) is 1. The number of carboxylic acids is 1. The van der Waals surface area contributed by atoms with Crippen LogP contribution in [0.4, 0.5) is 0 Å². The molecular formula is C13H26BCl2NO3. The molecular weight excluding hydrogens is 300 g/mol. The number of aliphatic carboxylic acids is 1. The summed E-state index contributed by atoms with van der Waals surface area (Å²) in [7, 11) is 6.00. The van der Waals surface area contributed by atoms with Gasteiger partial charge in [0.2, 0.25) is 0 Å². The predicted molar refractivity (Wildman–Crippen MR) is 86.4 cm³/mol. The Morgan fingerprint density at radius 2 is 2.05 bits per heavy atom. The molecule has 4 nitrogen and oxygen atoms in total. The van der Waals surface area contributed by atoms with Gasteiger partial charge < -0.3 is 15.1 Å². The van der Waals surface area contributed by atoms with Gasteiger partial charge in [-0.3, -0.25) is 4.79 Å². The van der Waals surface area contributed by atoms with Crippen molar-refractivity contribution in [3.63, 3.8) is 0 Å². The lowest BCUT2D eigenvalue weighted by Gasteiger charge is -2.28. The second-order valence-corrected chi connectivity index (χ2v) is 5.45. The van der Waals surface area contributed by atoms with Crippen LogP contribution in [0.25, 0.3) is 0 Å². The lowest BCUT2D eigenvalue weighted by Crippen LogP contribution is -2.31. The molecule has 20 heavy (non-hydrogen) atoms. The number of carboxylic acid groups (broad SMARTS) is 1. The van der Waals surface area contributed by atoms with Crippen molar-refractivity contribution < 1.29 is 15.0 Å². The van der Waals surface area contributed by atoms with E-state index in [1.165, 1.54) is 0 Å². The van der Waals surface area contributed by atoms with E-state index in [2.05, 4.69) is 4.90 Å². The van der Waals surface area contributed by atoms with Crippen molar-refractivity contribution in [1.29, 1.82) is 0 Å². The Bertz CT molecular complexity index is 284. The fourth-order valence-corrected chi connectivity index (χ4v) is 2.45. The van der Waals surface area contributed by atoms with Gasteiger partial charge >= 0.3 is 5.97 Å². The molecule has 0 aromatic heterocycles. The number of nitrogens with zero attached hydrogens (tertiary/aromatic N) is 1. The summed E-state index contributed by atoms with van der Waals surface area (Å²) in [5.41, 5.74) is 0. The van der Waals surface area contributed by atoms with Crippen molar-refractivity contribution in [2.75, 3.05) is 26.2 Å². The molecule has 2 N–H and O–H groups in total. The van der Waals surface area contributed by atoms with Crippen LogP contribution in [0.1, 0.15) is 39.0 Å². The van der Waals surface area contributed by atoms with Crippen molar-refractivity contribution >= 4 is 38.6 Å². The fraction of sp³-hybridized carbons (Fsp3) is 0.923. The molecule has 0 bridgehead atoms. The molecule has 2 radical (unpaired) electrons. The van der Waals surface area contributed by atoms with Gasteiger partial charge in [0, 0.05) is 18.5 Å². The lowest BCUT2D eigenvalue weighted by molar-refractivity contribution is -0.141. The zero-order chi connectivity index (χ0) is 13.6. The van der Waals surface area contributed by atoms with E-state index in [-0.39, 0.29) is 31.4 Å². The maximum absolute atomic E-state index is 11.3. The van der Waals surface area contributed by atoms with Crippen molar-refractivity contribution in [3.05, 3.63) is 0 Å². The van der Waals surface area contributed by atoms with E-state index in [1.54, 1.807) is 0 Å². The van der Waals surface area contributed by atoms with Gasteiger partial charge in [-0.25, -0.2) is 0 Å². The number of hydrogen-bond donors (Lipinski definition) is 2.